The molecule has 1 aromatic rings. The lowest BCUT2D eigenvalue weighted by atomic mass is 10.1. The van der Waals surface area contributed by atoms with Crippen molar-refractivity contribution in [3.8, 4) is 6.07 Å². The van der Waals surface area contributed by atoms with Crippen LogP contribution in [-0.2, 0) is 4.74 Å². The molecule has 0 spiro atoms. The monoisotopic (exact) mass is 314 g/mol. The van der Waals surface area contributed by atoms with Crippen molar-refractivity contribution in [1.29, 1.82) is 5.26 Å². The summed E-state index contributed by atoms with van der Waals surface area (Å²) in [7, 11) is 1.60. The van der Waals surface area contributed by atoms with Crippen molar-refractivity contribution in [2.75, 3.05) is 33.4 Å². The molecule has 6 heteroatoms. The highest BCUT2D eigenvalue weighted by molar-refractivity contribution is 6.36. The Hall–Kier alpha value is -1.12. The first-order chi connectivity index (χ1) is 9.58. The summed E-state index contributed by atoms with van der Waals surface area (Å²) < 4.78 is 5.00. The van der Waals surface area contributed by atoms with Crippen molar-refractivity contribution in [3.05, 3.63) is 33.8 Å². The fourth-order valence-electron chi connectivity index (χ4n) is 1.70. The van der Waals surface area contributed by atoms with Crippen LogP contribution in [-0.4, -0.2) is 44.0 Å². The molecule has 0 atom stereocenters. The van der Waals surface area contributed by atoms with Crippen molar-refractivity contribution >= 4 is 29.0 Å². The average molecular weight is 315 g/mol. The van der Waals surface area contributed by atoms with E-state index in [4.69, 9.17) is 33.2 Å². The number of nitrogens with zero attached hydrogens (tertiary/aromatic N) is 2. The van der Waals surface area contributed by atoms with Gasteiger partial charge < -0.3 is 4.74 Å². The topological polar surface area (TPSA) is 53.3 Å². The zero-order valence-electron chi connectivity index (χ0n) is 11.2. The van der Waals surface area contributed by atoms with Gasteiger partial charge in [-0.1, -0.05) is 23.2 Å². The number of benzene rings is 1. The number of nitriles is 1. The summed E-state index contributed by atoms with van der Waals surface area (Å²) in [6.45, 7) is 1.82. The maximum absolute atomic E-state index is 12.2. The number of hydrogen-bond donors (Lipinski definition) is 0. The van der Waals surface area contributed by atoms with Gasteiger partial charge >= 0.3 is 0 Å². The fraction of sp³-hybridized carbons (Fsp3) is 0.429. The molecule has 0 saturated heterocycles. The first kappa shape index (κ1) is 16.9. The largest absolute Gasteiger partial charge is 0.383 e. The third-order valence-electron chi connectivity index (χ3n) is 2.75. The van der Waals surface area contributed by atoms with Gasteiger partial charge in [0.15, 0.2) is 5.78 Å². The third kappa shape index (κ3) is 5.48. The van der Waals surface area contributed by atoms with Crippen LogP contribution in [0, 0.1) is 11.3 Å². The summed E-state index contributed by atoms with van der Waals surface area (Å²) in [5.41, 5.74) is 0.440. The van der Waals surface area contributed by atoms with Gasteiger partial charge in [0.05, 0.1) is 24.2 Å². The molecule has 1 rings (SSSR count). The van der Waals surface area contributed by atoms with Gasteiger partial charge in [-0.25, -0.2) is 0 Å². The molecule has 0 amide bonds. The molecule has 0 radical (unpaired) electrons. The summed E-state index contributed by atoms with van der Waals surface area (Å²) >= 11 is 11.8. The summed E-state index contributed by atoms with van der Waals surface area (Å²) in [4.78, 5) is 14.1. The predicted molar refractivity (Wildman–Crippen MR) is 79.3 cm³/mol. The Balaban J connectivity index is 2.71. The summed E-state index contributed by atoms with van der Waals surface area (Å²) in [5, 5.41) is 9.47. The Morgan fingerprint density at radius 2 is 2.15 bits per heavy atom. The first-order valence-corrected chi connectivity index (χ1v) is 6.90. The maximum atomic E-state index is 12.2. The SMILES string of the molecule is COCCN(CCC#N)CC(=O)c1ccc(Cl)cc1Cl. The normalized spacial score (nSPS) is 10.6. The van der Waals surface area contributed by atoms with E-state index in [0.29, 0.717) is 41.7 Å². The molecular weight excluding hydrogens is 299 g/mol. The lowest BCUT2D eigenvalue weighted by Crippen LogP contribution is -2.33. The highest BCUT2D eigenvalue weighted by Gasteiger charge is 2.15. The lowest BCUT2D eigenvalue weighted by molar-refractivity contribution is 0.0898. The van der Waals surface area contributed by atoms with Crippen LogP contribution >= 0.6 is 23.2 Å². The number of carbonyl (C=O) groups is 1. The van der Waals surface area contributed by atoms with Gasteiger partial charge in [0.2, 0.25) is 0 Å². The van der Waals surface area contributed by atoms with Crippen LogP contribution in [0.15, 0.2) is 18.2 Å². The highest BCUT2D eigenvalue weighted by Crippen LogP contribution is 2.21. The van der Waals surface area contributed by atoms with Gasteiger partial charge in [-0.2, -0.15) is 5.26 Å². The number of halogens is 2. The van der Waals surface area contributed by atoms with Crippen LogP contribution in [0.5, 0.6) is 0 Å². The minimum Gasteiger partial charge on any atom is -0.383 e. The molecule has 0 aliphatic rings. The Morgan fingerprint density at radius 3 is 2.75 bits per heavy atom. The van der Waals surface area contributed by atoms with Crippen molar-refractivity contribution in [2.45, 2.75) is 6.42 Å². The van der Waals surface area contributed by atoms with Gasteiger partial charge in [-0.15, -0.1) is 0 Å². The Labute approximate surface area is 128 Å². The van der Waals surface area contributed by atoms with Crippen LogP contribution < -0.4 is 0 Å². The van der Waals surface area contributed by atoms with Crippen molar-refractivity contribution in [2.24, 2.45) is 0 Å². The van der Waals surface area contributed by atoms with E-state index < -0.39 is 0 Å². The Morgan fingerprint density at radius 1 is 1.40 bits per heavy atom. The number of ether oxygens (including phenoxy) is 1. The number of Topliss-reactive ketones (excluding diaryl/α,β-unsaturated/α-hetero) is 1. The van der Waals surface area contributed by atoms with Gasteiger partial charge in [-0.05, 0) is 18.2 Å². The van der Waals surface area contributed by atoms with Crippen LogP contribution in [0.3, 0.4) is 0 Å². The number of ketones is 1. The van der Waals surface area contributed by atoms with E-state index in [-0.39, 0.29) is 12.3 Å². The van der Waals surface area contributed by atoms with Gasteiger partial charge in [-0.3, -0.25) is 9.69 Å². The lowest BCUT2D eigenvalue weighted by Gasteiger charge is -2.20. The number of rotatable bonds is 8. The van der Waals surface area contributed by atoms with E-state index in [0.717, 1.165) is 0 Å². The van der Waals surface area contributed by atoms with Crippen molar-refractivity contribution < 1.29 is 9.53 Å². The standard InChI is InChI=1S/C14H16Cl2N2O2/c1-20-8-7-18(6-2-5-17)10-14(19)12-4-3-11(15)9-13(12)16/h3-4,9H,2,6-8,10H2,1H3. The number of methoxy groups -OCH3 is 1. The molecule has 0 aliphatic heterocycles. The number of hydrogen-bond acceptors (Lipinski definition) is 4. The first-order valence-electron chi connectivity index (χ1n) is 6.15. The number of carbonyl (C=O) groups excluding carboxylic acids is 1. The van der Waals surface area contributed by atoms with Gasteiger partial charge in [0, 0.05) is 37.2 Å². The summed E-state index contributed by atoms with van der Waals surface area (Å²) in [6.07, 6.45) is 0.366. The van der Waals surface area contributed by atoms with E-state index in [1.165, 1.54) is 0 Å². The van der Waals surface area contributed by atoms with E-state index in [9.17, 15) is 4.79 Å². The molecule has 0 fully saturated rings. The maximum Gasteiger partial charge on any atom is 0.178 e. The quantitative estimate of drug-likeness (QED) is 0.692. The third-order valence-corrected chi connectivity index (χ3v) is 3.30. The summed E-state index contributed by atoms with van der Waals surface area (Å²) in [6, 6.07) is 6.87. The predicted octanol–water partition coefficient (Wildman–Crippen LogP) is 3.04. The molecular formula is C14H16Cl2N2O2. The smallest absolute Gasteiger partial charge is 0.178 e. The molecule has 4 nitrogen and oxygen atoms in total. The van der Waals surface area contributed by atoms with Gasteiger partial charge in [0.25, 0.3) is 0 Å². The molecule has 0 heterocycles. The minimum absolute atomic E-state index is 0.0966. The highest BCUT2D eigenvalue weighted by atomic mass is 35.5. The summed E-state index contributed by atoms with van der Waals surface area (Å²) in [5.74, 6) is -0.0966. The molecule has 108 valence electrons. The van der Waals surface area contributed by atoms with Crippen molar-refractivity contribution in [3.63, 3.8) is 0 Å². The van der Waals surface area contributed by atoms with Crippen LogP contribution in [0.2, 0.25) is 10.0 Å². The van der Waals surface area contributed by atoms with E-state index in [1.54, 1.807) is 25.3 Å². The van der Waals surface area contributed by atoms with Crippen LogP contribution in [0.25, 0.3) is 0 Å². The molecule has 0 aromatic heterocycles. The second-order valence-corrected chi connectivity index (χ2v) is 5.07. The van der Waals surface area contributed by atoms with Crippen molar-refractivity contribution in [1.82, 2.24) is 4.90 Å². The molecule has 20 heavy (non-hydrogen) atoms. The van der Waals surface area contributed by atoms with E-state index >= 15 is 0 Å². The molecule has 1 aromatic carbocycles. The van der Waals surface area contributed by atoms with Gasteiger partial charge in [0.1, 0.15) is 0 Å². The molecule has 0 unspecified atom stereocenters. The molecule has 0 bridgehead atoms. The second-order valence-electron chi connectivity index (χ2n) is 4.22. The molecule has 0 N–H and O–H groups in total. The molecule has 0 saturated carbocycles. The van der Waals surface area contributed by atoms with Crippen LogP contribution in [0.1, 0.15) is 16.8 Å². The Bertz CT molecular complexity index is 500. The fourth-order valence-corrected chi connectivity index (χ4v) is 2.22. The zero-order chi connectivity index (χ0) is 15.0. The minimum atomic E-state index is -0.0966. The Kier molecular flexibility index (Phi) is 7.56. The average Bonchev–Trinajstić information content (AvgIpc) is 2.41. The molecule has 0 aliphatic carbocycles. The van der Waals surface area contributed by atoms with E-state index in [1.807, 2.05) is 4.90 Å². The zero-order valence-corrected chi connectivity index (χ0v) is 12.7. The van der Waals surface area contributed by atoms with E-state index in [2.05, 4.69) is 6.07 Å². The van der Waals surface area contributed by atoms with Crippen LogP contribution in [0.4, 0.5) is 0 Å². The second kappa shape index (κ2) is 8.93.